The van der Waals surface area contributed by atoms with Gasteiger partial charge in [-0.05, 0) is 11.6 Å². The quantitative estimate of drug-likeness (QED) is 0.915. The lowest BCUT2D eigenvalue weighted by atomic mass is 9.85. The minimum atomic E-state index is 0.00362. The summed E-state index contributed by atoms with van der Waals surface area (Å²) >= 11 is 0. The van der Waals surface area contributed by atoms with E-state index in [2.05, 4.69) is 0 Å². The van der Waals surface area contributed by atoms with Crippen molar-refractivity contribution in [3.05, 3.63) is 77.3 Å². The van der Waals surface area contributed by atoms with Crippen molar-refractivity contribution in [1.29, 1.82) is 0 Å². The monoisotopic (exact) mass is 268 g/mol. The Morgan fingerprint density at radius 3 is 2.75 bits per heavy atom. The molecule has 0 spiro atoms. The number of ether oxygens (including phenoxy) is 2. The molecule has 1 aliphatic heterocycles. The first-order chi connectivity index (χ1) is 9.83. The van der Waals surface area contributed by atoms with Crippen molar-refractivity contribution in [3.63, 3.8) is 0 Å². The highest BCUT2D eigenvalue weighted by molar-refractivity contribution is 5.65. The van der Waals surface area contributed by atoms with Crippen LogP contribution in [0.3, 0.4) is 0 Å². The Morgan fingerprint density at radius 2 is 2.05 bits per heavy atom. The minimum absolute atomic E-state index is 0.00362. The molecule has 1 aliphatic carbocycles. The Labute approximate surface area is 118 Å². The highest BCUT2D eigenvalue weighted by Gasteiger charge is 2.28. The van der Waals surface area contributed by atoms with Gasteiger partial charge in [0.05, 0.1) is 13.7 Å². The second-order valence-corrected chi connectivity index (χ2v) is 4.68. The van der Waals surface area contributed by atoms with E-state index < -0.39 is 0 Å². The maximum Gasteiger partial charge on any atom is 0.288 e. The Balaban J connectivity index is 2.04. The van der Waals surface area contributed by atoms with Crippen LogP contribution in [-0.4, -0.2) is 18.8 Å². The van der Waals surface area contributed by atoms with Crippen LogP contribution in [0.5, 0.6) is 0 Å². The van der Waals surface area contributed by atoms with E-state index in [1.165, 1.54) is 0 Å². The van der Waals surface area contributed by atoms with Gasteiger partial charge in [-0.1, -0.05) is 48.6 Å². The van der Waals surface area contributed by atoms with Gasteiger partial charge < -0.3 is 14.6 Å². The van der Waals surface area contributed by atoms with Crippen molar-refractivity contribution in [2.75, 3.05) is 13.7 Å². The summed E-state index contributed by atoms with van der Waals surface area (Å²) in [4.78, 5) is 0. The van der Waals surface area contributed by atoms with E-state index in [9.17, 15) is 5.11 Å². The molecule has 0 bridgehead atoms. The molecule has 1 aromatic carbocycles. The summed E-state index contributed by atoms with van der Waals surface area (Å²) in [6.07, 6.45) is 7.83. The molecular formula is C17H16O3. The number of aliphatic hydroxyl groups is 1. The molecule has 2 aliphatic rings. The van der Waals surface area contributed by atoms with Gasteiger partial charge in [-0.2, -0.15) is 0 Å². The Morgan fingerprint density at radius 1 is 1.25 bits per heavy atom. The lowest BCUT2D eigenvalue weighted by Crippen LogP contribution is -2.18. The fourth-order valence-corrected chi connectivity index (χ4v) is 2.49. The van der Waals surface area contributed by atoms with Crippen LogP contribution < -0.4 is 0 Å². The first-order valence-corrected chi connectivity index (χ1v) is 6.54. The van der Waals surface area contributed by atoms with Crippen molar-refractivity contribution in [2.45, 2.75) is 0 Å². The molecule has 3 heteroatoms. The molecule has 0 radical (unpaired) electrons. The van der Waals surface area contributed by atoms with E-state index in [1.807, 2.05) is 54.6 Å². The summed E-state index contributed by atoms with van der Waals surface area (Å²) in [5, 5.41) is 9.51. The molecule has 0 amide bonds. The summed E-state index contributed by atoms with van der Waals surface area (Å²) in [6, 6.07) is 9.88. The highest BCUT2D eigenvalue weighted by atomic mass is 16.7. The summed E-state index contributed by atoms with van der Waals surface area (Å²) in [6.45, 7) is 0.0219. The van der Waals surface area contributed by atoms with Crippen LogP contribution in [0, 0.1) is 5.92 Å². The molecular weight excluding hydrogens is 252 g/mol. The molecule has 0 saturated heterocycles. The third-order valence-corrected chi connectivity index (χ3v) is 3.50. The normalized spacial score (nSPS) is 20.8. The molecule has 3 rings (SSSR count). The molecule has 1 unspecified atom stereocenters. The zero-order valence-corrected chi connectivity index (χ0v) is 11.2. The van der Waals surface area contributed by atoms with E-state index in [-0.39, 0.29) is 12.5 Å². The van der Waals surface area contributed by atoms with E-state index in [0.717, 1.165) is 22.5 Å². The standard InChI is InChI=1S/C17H16O3/c1-19-17-14-9-5-8-13(11-18)15(14)10-16(20-17)12-6-3-2-4-7-12/h2-10,15,18H,11H2,1H3. The van der Waals surface area contributed by atoms with Crippen LogP contribution in [-0.2, 0) is 9.47 Å². The molecule has 1 heterocycles. The van der Waals surface area contributed by atoms with Gasteiger partial charge in [-0.25, -0.2) is 0 Å². The van der Waals surface area contributed by atoms with Gasteiger partial charge in [-0.3, -0.25) is 0 Å². The first kappa shape index (κ1) is 12.8. The lowest BCUT2D eigenvalue weighted by Gasteiger charge is -2.28. The summed E-state index contributed by atoms with van der Waals surface area (Å²) in [7, 11) is 1.60. The van der Waals surface area contributed by atoms with E-state index >= 15 is 0 Å². The molecule has 0 saturated carbocycles. The predicted molar refractivity (Wildman–Crippen MR) is 77.3 cm³/mol. The maximum atomic E-state index is 9.51. The Kier molecular flexibility index (Phi) is 3.44. The molecule has 1 atom stereocenters. The van der Waals surface area contributed by atoms with Crippen LogP contribution >= 0.6 is 0 Å². The maximum absolute atomic E-state index is 9.51. The van der Waals surface area contributed by atoms with E-state index in [1.54, 1.807) is 7.11 Å². The van der Waals surface area contributed by atoms with Gasteiger partial charge in [0.1, 0.15) is 5.76 Å². The van der Waals surface area contributed by atoms with E-state index in [0.29, 0.717) is 5.95 Å². The van der Waals surface area contributed by atoms with E-state index in [4.69, 9.17) is 9.47 Å². The number of methoxy groups -OCH3 is 1. The number of allylic oxidation sites excluding steroid dienone is 5. The number of aliphatic hydroxyl groups excluding tert-OH is 1. The molecule has 20 heavy (non-hydrogen) atoms. The lowest BCUT2D eigenvalue weighted by molar-refractivity contribution is 0.122. The Bertz CT molecular complexity index is 621. The third kappa shape index (κ3) is 2.17. The van der Waals surface area contributed by atoms with Gasteiger partial charge in [-0.15, -0.1) is 0 Å². The average Bonchev–Trinajstić information content (AvgIpc) is 2.54. The van der Waals surface area contributed by atoms with Crippen LogP contribution in [0.2, 0.25) is 0 Å². The fourth-order valence-electron chi connectivity index (χ4n) is 2.49. The molecule has 102 valence electrons. The predicted octanol–water partition coefficient (Wildman–Crippen LogP) is 3.02. The number of hydrogen-bond donors (Lipinski definition) is 1. The summed E-state index contributed by atoms with van der Waals surface area (Å²) < 4.78 is 11.2. The third-order valence-electron chi connectivity index (χ3n) is 3.50. The molecule has 1 aromatic rings. The largest absolute Gasteiger partial charge is 0.468 e. The Hall–Kier alpha value is -2.26. The molecule has 0 aromatic heterocycles. The van der Waals surface area contributed by atoms with Crippen LogP contribution in [0.25, 0.3) is 5.76 Å². The second kappa shape index (κ2) is 5.39. The first-order valence-electron chi connectivity index (χ1n) is 6.54. The van der Waals surface area contributed by atoms with Gasteiger partial charge in [0.15, 0.2) is 0 Å². The summed E-state index contributed by atoms with van der Waals surface area (Å²) in [5.41, 5.74) is 2.88. The zero-order valence-electron chi connectivity index (χ0n) is 11.2. The fraction of sp³-hybridized carbons (Fsp3) is 0.176. The van der Waals surface area contributed by atoms with Gasteiger partial charge >= 0.3 is 0 Å². The van der Waals surface area contributed by atoms with Gasteiger partial charge in [0.25, 0.3) is 5.95 Å². The zero-order chi connectivity index (χ0) is 13.9. The topological polar surface area (TPSA) is 38.7 Å². The molecule has 3 nitrogen and oxygen atoms in total. The van der Waals surface area contributed by atoms with Crippen molar-refractivity contribution in [1.82, 2.24) is 0 Å². The van der Waals surface area contributed by atoms with Crippen LogP contribution in [0.4, 0.5) is 0 Å². The van der Waals surface area contributed by atoms with Crippen molar-refractivity contribution >= 4 is 5.76 Å². The average molecular weight is 268 g/mol. The van der Waals surface area contributed by atoms with Crippen molar-refractivity contribution in [2.24, 2.45) is 5.92 Å². The van der Waals surface area contributed by atoms with Crippen molar-refractivity contribution < 1.29 is 14.6 Å². The molecule has 0 fully saturated rings. The van der Waals surface area contributed by atoms with Crippen LogP contribution in [0.15, 0.2) is 71.7 Å². The smallest absolute Gasteiger partial charge is 0.288 e. The molecule has 1 N–H and O–H groups in total. The summed E-state index contributed by atoms with van der Waals surface area (Å²) in [5.74, 6) is 1.25. The number of rotatable bonds is 3. The minimum Gasteiger partial charge on any atom is -0.468 e. The van der Waals surface area contributed by atoms with Crippen LogP contribution in [0.1, 0.15) is 5.56 Å². The number of hydrogen-bond acceptors (Lipinski definition) is 3. The van der Waals surface area contributed by atoms with Gasteiger partial charge in [0, 0.05) is 17.1 Å². The number of benzene rings is 1. The van der Waals surface area contributed by atoms with Gasteiger partial charge in [0.2, 0.25) is 0 Å². The highest BCUT2D eigenvalue weighted by Crippen LogP contribution is 2.38. The van der Waals surface area contributed by atoms with Crippen molar-refractivity contribution in [3.8, 4) is 0 Å². The SMILES string of the molecule is COC1=C2C=CC=C(CO)C2C=C(c2ccccc2)O1. The number of fused-ring (bicyclic) bond motifs is 1. The second-order valence-electron chi connectivity index (χ2n) is 4.68.